The first-order valence-corrected chi connectivity index (χ1v) is 10.8. The molecule has 1 aliphatic carbocycles. The molecule has 5 heteroatoms. The summed E-state index contributed by atoms with van der Waals surface area (Å²) in [5, 5.41) is 11.1. The normalized spacial score (nSPS) is 23.2. The van der Waals surface area contributed by atoms with Gasteiger partial charge in [-0.25, -0.2) is 4.98 Å². The Labute approximate surface area is 180 Å². The monoisotopic (exact) mass is 413 g/mol. The number of hydrogen-bond acceptors (Lipinski definition) is 5. The van der Waals surface area contributed by atoms with Crippen molar-refractivity contribution in [2.45, 2.75) is 30.9 Å². The van der Waals surface area contributed by atoms with Gasteiger partial charge in [-0.05, 0) is 43.0 Å². The van der Waals surface area contributed by atoms with Crippen LogP contribution in [0.5, 0.6) is 0 Å². The van der Waals surface area contributed by atoms with E-state index in [1.807, 2.05) is 43.5 Å². The van der Waals surface area contributed by atoms with Crippen LogP contribution in [0.15, 0.2) is 79.1 Å². The van der Waals surface area contributed by atoms with Crippen molar-refractivity contribution in [3.8, 4) is 32.3 Å². The molecule has 30 heavy (non-hydrogen) atoms. The van der Waals surface area contributed by atoms with Crippen LogP contribution in [-0.2, 0) is 5.54 Å². The Hall–Kier alpha value is -2.86. The van der Waals surface area contributed by atoms with E-state index >= 15 is 0 Å². The fraction of sp³-hybridized carbons (Fsp3) is 0.200. The van der Waals surface area contributed by atoms with Gasteiger partial charge in [0.25, 0.3) is 0 Å². The summed E-state index contributed by atoms with van der Waals surface area (Å²) >= 11 is 1.68. The molecule has 2 heterocycles. The molecule has 1 fully saturated rings. The minimum absolute atomic E-state index is 0.451. The Morgan fingerprint density at radius 3 is 2.23 bits per heavy atom. The van der Waals surface area contributed by atoms with Crippen LogP contribution >= 0.6 is 11.3 Å². The molecule has 2 aromatic heterocycles. The van der Waals surface area contributed by atoms with Crippen LogP contribution in [0, 0.1) is 0 Å². The highest BCUT2D eigenvalue weighted by molar-refractivity contribution is 7.19. The fourth-order valence-electron chi connectivity index (χ4n) is 4.39. The first-order chi connectivity index (χ1) is 14.4. The quantitative estimate of drug-likeness (QED) is 0.480. The van der Waals surface area contributed by atoms with Crippen LogP contribution in [-0.4, -0.2) is 20.7 Å². The third-order valence-electron chi connectivity index (χ3n) is 5.70. The third kappa shape index (κ3) is 3.45. The number of benzene rings is 2. The molecule has 0 amide bonds. The summed E-state index contributed by atoms with van der Waals surface area (Å²) in [5.41, 5.74) is 10.6. The van der Waals surface area contributed by atoms with Gasteiger partial charge >= 0.3 is 0 Å². The van der Waals surface area contributed by atoms with Gasteiger partial charge in [0.2, 0.25) is 0 Å². The van der Waals surface area contributed by atoms with Gasteiger partial charge in [0.15, 0.2) is 0 Å². The van der Waals surface area contributed by atoms with Crippen LogP contribution in [0.2, 0.25) is 0 Å². The lowest BCUT2D eigenvalue weighted by Crippen LogP contribution is -2.58. The summed E-state index contributed by atoms with van der Waals surface area (Å²) in [7, 11) is 0. The molecule has 5 rings (SSSR count). The molecule has 4 aromatic rings. The van der Waals surface area contributed by atoms with Crippen LogP contribution in [0.3, 0.4) is 0 Å². The van der Waals surface area contributed by atoms with Gasteiger partial charge in [-0.3, -0.25) is 4.98 Å². The van der Waals surface area contributed by atoms with Crippen LogP contribution in [0.25, 0.3) is 32.3 Å². The smallest absolute Gasteiger partial charge is 0.126 e. The van der Waals surface area contributed by atoms with Gasteiger partial charge in [-0.2, -0.15) is 0 Å². The highest BCUT2D eigenvalue weighted by Crippen LogP contribution is 2.47. The van der Waals surface area contributed by atoms with E-state index in [-0.39, 0.29) is 0 Å². The maximum atomic E-state index is 10.1. The molecular weight excluding hydrogens is 390 g/mol. The summed E-state index contributed by atoms with van der Waals surface area (Å²) in [6.07, 6.45) is 4.78. The molecular formula is C25H23N3OS. The van der Waals surface area contributed by atoms with Crippen molar-refractivity contribution in [2.75, 3.05) is 0 Å². The molecule has 0 aliphatic heterocycles. The number of hydrogen-bond donors (Lipinski definition) is 2. The molecule has 4 nitrogen and oxygen atoms in total. The minimum Gasteiger partial charge on any atom is -0.390 e. The Morgan fingerprint density at radius 1 is 0.900 bits per heavy atom. The van der Waals surface area contributed by atoms with Crippen LogP contribution in [0.4, 0.5) is 0 Å². The zero-order valence-corrected chi connectivity index (χ0v) is 17.6. The van der Waals surface area contributed by atoms with E-state index in [0.717, 1.165) is 37.8 Å². The minimum atomic E-state index is -0.665. The summed E-state index contributed by atoms with van der Waals surface area (Å²) in [6, 6.07) is 22.6. The van der Waals surface area contributed by atoms with E-state index in [0.29, 0.717) is 12.8 Å². The van der Waals surface area contributed by atoms with Gasteiger partial charge in [0.05, 0.1) is 16.2 Å². The van der Waals surface area contributed by atoms with Crippen molar-refractivity contribution in [1.29, 1.82) is 0 Å². The molecule has 0 atom stereocenters. The summed E-state index contributed by atoms with van der Waals surface area (Å²) in [5.74, 6) is 0. The lowest BCUT2D eigenvalue weighted by Gasteiger charge is -2.49. The zero-order chi connectivity index (χ0) is 20.8. The molecule has 2 aromatic carbocycles. The molecule has 0 unspecified atom stereocenters. The Morgan fingerprint density at radius 2 is 1.60 bits per heavy atom. The largest absolute Gasteiger partial charge is 0.390 e. The number of nitrogens with two attached hydrogens (primary N) is 1. The first-order valence-electron chi connectivity index (χ1n) is 10.0. The van der Waals surface area contributed by atoms with Crippen molar-refractivity contribution in [2.24, 2.45) is 5.73 Å². The molecule has 1 saturated carbocycles. The summed E-state index contributed by atoms with van der Waals surface area (Å²) < 4.78 is 0. The average molecular weight is 414 g/mol. The number of rotatable bonds is 4. The van der Waals surface area contributed by atoms with Gasteiger partial charge in [0.1, 0.15) is 5.01 Å². The number of pyridine rings is 1. The zero-order valence-electron chi connectivity index (χ0n) is 16.7. The molecule has 150 valence electrons. The van der Waals surface area contributed by atoms with E-state index in [1.54, 1.807) is 17.5 Å². The predicted octanol–water partition coefficient (Wildman–Crippen LogP) is 5.24. The second-order valence-corrected chi connectivity index (χ2v) is 9.39. The lowest BCUT2D eigenvalue weighted by atomic mass is 9.63. The SMILES string of the molecule is C[C@]1(O)C[C@@](N)(c2ccc(-c3nc(-c4cccnc4)sc3-c3ccccc3)cc2)C1. The van der Waals surface area contributed by atoms with Crippen molar-refractivity contribution >= 4 is 11.3 Å². The van der Waals surface area contributed by atoms with Crippen molar-refractivity contribution in [3.63, 3.8) is 0 Å². The van der Waals surface area contributed by atoms with E-state index in [9.17, 15) is 5.11 Å². The standard InChI is InChI=1S/C25H23N3OS/c1-24(29)15-25(26,16-24)20-11-9-17(10-12-20)21-22(18-6-3-2-4-7-18)30-23(28-21)19-8-5-13-27-14-19/h2-14,29H,15-16,26H2,1H3/t24-,25-. The fourth-order valence-corrected chi connectivity index (χ4v) is 5.47. The van der Waals surface area contributed by atoms with Crippen LogP contribution < -0.4 is 5.73 Å². The van der Waals surface area contributed by atoms with Gasteiger partial charge < -0.3 is 10.8 Å². The van der Waals surface area contributed by atoms with Gasteiger partial charge in [-0.1, -0.05) is 54.6 Å². The Bertz CT molecular complexity index is 1160. The highest BCUT2D eigenvalue weighted by atomic mass is 32.1. The van der Waals surface area contributed by atoms with Crippen molar-refractivity contribution in [1.82, 2.24) is 9.97 Å². The predicted molar refractivity (Wildman–Crippen MR) is 122 cm³/mol. The molecule has 0 saturated heterocycles. The molecule has 0 spiro atoms. The Kier molecular flexibility index (Phi) is 4.54. The van der Waals surface area contributed by atoms with E-state index in [2.05, 4.69) is 41.4 Å². The van der Waals surface area contributed by atoms with E-state index < -0.39 is 11.1 Å². The number of thiazole rings is 1. The molecule has 1 aliphatic rings. The summed E-state index contributed by atoms with van der Waals surface area (Å²) in [4.78, 5) is 10.4. The third-order valence-corrected chi connectivity index (χ3v) is 6.85. The molecule has 0 bridgehead atoms. The topological polar surface area (TPSA) is 72.0 Å². The van der Waals surface area contributed by atoms with Crippen molar-refractivity contribution in [3.05, 3.63) is 84.7 Å². The highest BCUT2D eigenvalue weighted by Gasteiger charge is 2.49. The molecule has 0 radical (unpaired) electrons. The van der Waals surface area contributed by atoms with Crippen molar-refractivity contribution < 1.29 is 5.11 Å². The maximum Gasteiger partial charge on any atom is 0.126 e. The van der Waals surface area contributed by atoms with Gasteiger partial charge in [-0.15, -0.1) is 11.3 Å². The van der Waals surface area contributed by atoms with Crippen LogP contribution in [0.1, 0.15) is 25.3 Å². The lowest BCUT2D eigenvalue weighted by molar-refractivity contribution is -0.0738. The number of nitrogens with zero attached hydrogens (tertiary/aromatic N) is 2. The number of aromatic nitrogens is 2. The second kappa shape index (κ2) is 7.13. The summed E-state index contributed by atoms with van der Waals surface area (Å²) in [6.45, 7) is 1.84. The maximum absolute atomic E-state index is 10.1. The second-order valence-electron chi connectivity index (χ2n) is 8.39. The molecule has 3 N–H and O–H groups in total. The van der Waals surface area contributed by atoms with E-state index in [1.165, 1.54) is 0 Å². The number of aliphatic hydroxyl groups is 1. The average Bonchev–Trinajstić information content (AvgIpc) is 3.19. The Balaban J connectivity index is 1.56. The first kappa shape index (κ1) is 19.1. The van der Waals surface area contributed by atoms with Gasteiger partial charge in [0, 0.05) is 29.1 Å². The van der Waals surface area contributed by atoms with E-state index in [4.69, 9.17) is 10.7 Å².